The van der Waals surface area contributed by atoms with E-state index >= 15 is 0 Å². The predicted molar refractivity (Wildman–Crippen MR) is 83.1 cm³/mol. The van der Waals surface area contributed by atoms with Gasteiger partial charge in [-0.1, -0.05) is 13.0 Å². The van der Waals surface area contributed by atoms with E-state index in [2.05, 4.69) is 5.32 Å². The highest BCUT2D eigenvalue weighted by Gasteiger charge is 2.22. The van der Waals surface area contributed by atoms with Crippen molar-refractivity contribution in [3.63, 3.8) is 0 Å². The molecule has 0 saturated heterocycles. The van der Waals surface area contributed by atoms with E-state index in [0.717, 1.165) is 6.42 Å². The summed E-state index contributed by atoms with van der Waals surface area (Å²) >= 11 is 0. The number of hydrogen-bond donors (Lipinski definition) is 2. The van der Waals surface area contributed by atoms with Crippen LogP contribution >= 0.6 is 0 Å². The van der Waals surface area contributed by atoms with Crippen LogP contribution in [-0.4, -0.2) is 41.7 Å². The number of anilines is 1. The average Bonchev–Trinajstić information content (AvgIpc) is 2.45. The minimum Gasteiger partial charge on any atom is -0.396 e. The second kappa shape index (κ2) is 8.62. The van der Waals surface area contributed by atoms with E-state index < -0.39 is 5.82 Å². The van der Waals surface area contributed by atoms with Gasteiger partial charge in [-0.25, -0.2) is 4.39 Å². The SMILES string of the molecule is CCCNc1c(F)cccc1C(=O)N(CCCO)C(C)C. The summed E-state index contributed by atoms with van der Waals surface area (Å²) in [4.78, 5) is 14.3. The first-order valence-electron chi connectivity index (χ1n) is 7.47. The zero-order valence-electron chi connectivity index (χ0n) is 13.0. The number of aliphatic hydroxyl groups excluding tert-OH is 1. The molecule has 0 saturated carbocycles. The summed E-state index contributed by atoms with van der Waals surface area (Å²) in [5.74, 6) is -0.628. The highest BCUT2D eigenvalue weighted by molar-refractivity contribution is 5.99. The Labute approximate surface area is 126 Å². The molecule has 2 N–H and O–H groups in total. The van der Waals surface area contributed by atoms with Gasteiger partial charge in [-0.2, -0.15) is 0 Å². The molecule has 1 rings (SSSR count). The minimum absolute atomic E-state index is 0.00802. The van der Waals surface area contributed by atoms with E-state index in [1.807, 2.05) is 20.8 Å². The van der Waals surface area contributed by atoms with Crippen LogP contribution in [0.5, 0.6) is 0 Å². The number of carbonyl (C=O) groups is 1. The Balaban J connectivity index is 3.06. The van der Waals surface area contributed by atoms with Gasteiger partial charge in [-0.05, 0) is 38.8 Å². The van der Waals surface area contributed by atoms with Gasteiger partial charge in [0.2, 0.25) is 0 Å². The van der Waals surface area contributed by atoms with Crippen molar-refractivity contribution >= 4 is 11.6 Å². The van der Waals surface area contributed by atoms with Crippen molar-refractivity contribution in [3.8, 4) is 0 Å². The summed E-state index contributed by atoms with van der Waals surface area (Å²) in [5.41, 5.74) is 0.606. The maximum atomic E-state index is 14.0. The summed E-state index contributed by atoms with van der Waals surface area (Å²) in [5, 5.41) is 11.9. The van der Waals surface area contributed by atoms with Gasteiger partial charge >= 0.3 is 0 Å². The van der Waals surface area contributed by atoms with E-state index in [4.69, 9.17) is 5.11 Å². The van der Waals surface area contributed by atoms with Crippen LogP contribution in [-0.2, 0) is 0 Å². The lowest BCUT2D eigenvalue weighted by Crippen LogP contribution is -2.38. The van der Waals surface area contributed by atoms with Crippen LogP contribution in [0.4, 0.5) is 10.1 Å². The van der Waals surface area contributed by atoms with Crippen LogP contribution in [0, 0.1) is 5.82 Å². The second-order valence-electron chi connectivity index (χ2n) is 5.26. The lowest BCUT2D eigenvalue weighted by molar-refractivity contribution is 0.0693. The standard InChI is InChI=1S/C16H25FN2O2/c1-4-9-18-15-13(7-5-8-14(15)17)16(21)19(12(2)3)10-6-11-20/h5,7-8,12,18,20H,4,6,9-11H2,1-3H3. The molecule has 0 aliphatic heterocycles. The Morgan fingerprint density at radius 3 is 2.71 bits per heavy atom. The fourth-order valence-electron chi connectivity index (χ4n) is 2.12. The van der Waals surface area contributed by atoms with Crippen LogP contribution in [0.3, 0.4) is 0 Å². The molecule has 0 radical (unpaired) electrons. The Morgan fingerprint density at radius 1 is 1.43 bits per heavy atom. The van der Waals surface area contributed by atoms with Crippen molar-refractivity contribution in [1.29, 1.82) is 0 Å². The molecule has 0 bridgehead atoms. The Hall–Kier alpha value is -1.62. The van der Waals surface area contributed by atoms with Gasteiger partial charge in [-0.3, -0.25) is 4.79 Å². The number of aliphatic hydroxyl groups is 1. The topological polar surface area (TPSA) is 52.6 Å². The largest absolute Gasteiger partial charge is 0.396 e. The van der Waals surface area contributed by atoms with Crippen LogP contribution < -0.4 is 5.32 Å². The van der Waals surface area contributed by atoms with Gasteiger partial charge < -0.3 is 15.3 Å². The summed E-state index contributed by atoms with van der Waals surface area (Å²) in [6.45, 7) is 6.90. The molecule has 0 fully saturated rings. The fourth-order valence-corrected chi connectivity index (χ4v) is 2.12. The molecular weight excluding hydrogens is 271 g/mol. The number of nitrogens with one attached hydrogen (secondary N) is 1. The normalized spacial score (nSPS) is 10.8. The molecule has 1 amide bonds. The number of nitrogens with zero attached hydrogens (tertiary/aromatic N) is 1. The number of amides is 1. The van der Waals surface area contributed by atoms with E-state index in [1.165, 1.54) is 6.07 Å². The van der Waals surface area contributed by atoms with E-state index in [0.29, 0.717) is 25.1 Å². The minimum atomic E-state index is -0.417. The maximum absolute atomic E-state index is 14.0. The van der Waals surface area contributed by atoms with Crippen molar-refractivity contribution in [3.05, 3.63) is 29.6 Å². The molecule has 0 aliphatic rings. The lowest BCUT2D eigenvalue weighted by Gasteiger charge is -2.27. The fraction of sp³-hybridized carbons (Fsp3) is 0.562. The molecule has 0 aromatic heterocycles. The molecule has 5 heteroatoms. The first kappa shape index (κ1) is 17.4. The molecule has 0 heterocycles. The van der Waals surface area contributed by atoms with Crippen molar-refractivity contribution < 1.29 is 14.3 Å². The van der Waals surface area contributed by atoms with E-state index in [1.54, 1.807) is 17.0 Å². The van der Waals surface area contributed by atoms with Gasteiger partial charge in [0.1, 0.15) is 5.82 Å². The summed E-state index contributed by atoms with van der Waals surface area (Å²) in [7, 11) is 0. The summed E-state index contributed by atoms with van der Waals surface area (Å²) < 4.78 is 14.0. The van der Waals surface area contributed by atoms with Crippen LogP contribution in [0.2, 0.25) is 0 Å². The molecule has 4 nitrogen and oxygen atoms in total. The second-order valence-corrected chi connectivity index (χ2v) is 5.26. The maximum Gasteiger partial charge on any atom is 0.256 e. The number of halogens is 1. The quantitative estimate of drug-likeness (QED) is 0.775. The first-order valence-corrected chi connectivity index (χ1v) is 7.47. The zero-order valence-corrected chi connectivity index (χ0v) is 13.0. The van der Waals surface area contributed by atoms with Crippen LogP contribution in [0.25, 0.3) is 0 Å². The van der Waals surface area contributed by atoms with E-state index in [9.17, 15) is 9.18 Å². The highest BCUT2D eigenvalue weighted by atomic mass is 19.1. The number of hydrogen-bond acceptors (Lipinski definition) is 3. The summed E-state index contributed by atoms with van der Waals surface area (Å²) in [6.07, 6.45) is 1.36. The van der Waals surface area contributed by atoms with Crippen LogP contribution in [0.15, 0.2) is 18.2 Å². The van der Waals surface area contributed by atoms with Crippen LogP contribution in [0.1, 0.15) is 44.0 Å². The van der Waals surface area contributed by atoms with Gasteiger partial charge in [0.25, 0.3) is 5.91 Å². The van der Waals surface area contributed by atoms with E-state index in [-0.39, 0.29) is 24.2 Å². The predicted octanol–water partition coefficient (Wildman–Crippen LogP) is 2.88. The van der Waals surface area contributed by atoms with Gasteiger partial charge in [0.15, 0.2) is 0 Å². The molecule has 0 aliphatic carbocycles. The number of rotatable bonds is 8. The highest BCUT2D eigenvalue weighted by Crippen LogP contribution is 2.22. The first-order chi connectivity index (χ1) is 10.0. The third kappa shape index (κ3) is 4.70. The van der Waals surface area contributed by atoms with Crippen molar-refractivity contribution in [1.82, 2.24) is 4.90 Å². The zero-order chi connectivity index (χ0) is 15.8. The molecule has 0 atom stereocenters. The molecule has 0 unspecified atom stereocenters. The Bertz CT molecular complexity index is 464. The third-order valence-electron chi connectivity index (χ3n) is 3.24. The molecule has 118 valence electrons. The molecular formula is C16H25FN2O2. The third-order valence-corrected chi connectivity index (χ3v) is 3.24. The van der Waals surface area contributed by atoms with Gasteiger partial charge in [0, 0.05) is 25.7 Å². The number of carbonyl (C=O) groups excluding carboxylic acids is 1. The smallest absolute Gasteiger partial charge is 0.256 e. The van der Waals surface area contributed by atoms with Crippen molar-refractivity contribution in [2.24, 2.45) is 0 Å². The molecule has 1 aromatic carbocycles. The number of para-hydroxylation sites is 1. The molecule has 1 aromatic rings. The number of benzene rings is 1. The van der Waals surface area contributed by atoms with Gasteiger partial charge in [-0.15, -0.1) is 0 Å². The lowest BCUT2D eigenvalue weighted by atomic mass is 10.1. The Morgan fingerprint density at radius 2 is 2.14 bits per heavy atom. The van der Waals surface area contributed by atoms with Crippen molar-refractivity contribution in [2.75, 3.05) is 25.0 Å². The molecule has 21 heavy (non-hydrogen) atoms. The van der Waals surface area contributed by atoms with Gasteiger partial charge in [0.05, 0.1) is 11.3 Å². The summed E-state index contributed by atoms with van der Waals surface area (Å²) in [6, 6.07) is 4.52. The average molecular weight is 296 g/mol. The monoisotopic (exact) mass is 296 g/mol. The van der Waals surface area contributed by atoms with Crippen molar-refractivity contribution in [2.45, 2.75) is 39.7 Å². The Kier molecular flexibility index (Phi) is 7.15. The molecule has 0 spiro atoms.